The number of anilines is 1. The van der Waals surface area contributed by atoms with Crippen molar-refractivity contribution in [2.45, 2.75) is 6.92 Å². The molecule has 1 saturated heterocycles. The van der Waals surface area contributed by atoms with Crippen molar-refractivity contribution >= 4 is 39.1 Å². The number of carbonyl (C=O) groups excluding carboxylic acids is 1. The number of rotatable bonds is 2. The molecule has 2 atom stereocenters. The van der Waals surface area contributed by atoms with E-state index in [0.717, 1.165) is 17.6 Å². The number of nitrogens with one attached hydrogen (secondary N) is 2. The monoisotopic (exact) mass is 316 g/mol. The van der Waals surface area contributed by atoms with Gasteiger partial charge in [-0.25, -0.2) is 0 Å². The average molecular weight is 318 g/mol. The van der Waals surface area contributed by atoms with Crippen molar-refractivity contribution < 1.29 is 4.79 Å². The molecule has 1 aliphatic heterocycles. The van der Waals surface area contributed by atoms with E-state index in [4.69, 9.17) is 11.6 Å². The largest absolute Gasteiger partial charge is 0.324 e. The van der Waals surface area contributed by atoms with E-state index < -0.39 is 0 Å². The molecule has 2 unspecified atom stereocenters. The molecular weight excluding hydrogens is 304 g/mol. The molecule has 0 radical (unpaired) electrons. The fraction of sp³-hybridized carbons (Fsp3) is 0.417. The molecule has 1 aromatic carbocycles. The molecule has 92 valence electrons. The quantitative estimate of drug-likeness (QED) is 0.880. The first-order chi connectivity index (χ1) is 8.08. The van der Waals surface area contributed by atoms with Gasteiger partial charge in [-0.2, -0.15) is 0 Å². The van der Waals surface area contributed by atoms with Gasteiger partial charge in [0.05, 0.1) is 16.6 Å². The number of carbonyl (C=O) groups is 1. The molecule has 1 amide bonds. The van der Waals surface area contributed by atoms with E-state index in [1.54, 1.807) is 6.07 Å². The fourth-order valence-corrected chi connectivity index (χ4v) is 2.51. The predicted octanol–water partition coefficient (Wildman–Crippen LogP) is 2.90. The topological polar surface area (TPSA) is 41.1 Å². The van der Waals surface area contributed by atoms with Gasteiger partial charge in [-0.05, 0) is 30.7 Å². The summed E-state index contributed by atoms with van der Waals surface area (Å²) in [6.07, 6.45) is 0. The highest BCUT2D eigenvalue weighted by atomic mass is 79.9. The summed E-state index contributed by atoms with van der Waals surface area (Å²) >= 11 is 9.39. The van der Waals surface area contributed by atoms with Gasteiger partial charge in [0.15, 0.2) is 0 Å². The molecule has 1 fully saturated rings. The lowest BCUT2D eigenvalue weighted by molar-refractivity contribution is -0.120. The lowest BCUT2D eigenvalue weighted by Gasteiger charge is -2.15. The van der Waals surface area contributed by atoms with Crippen LogP contribution < -0.4 is 10.6 Å². The van der Waals surface area contributed by atoms with Gasteiger partial charge in [-0.15, -0.1) is 0 Å². The first-order valence-electron chi connectivity index (χ1n) is 5.54. The summed E-state index contributed by atoms with van der Waals surface area (Å²) in [6.45, 7) is 3.70. The van der Waals surface area contributed by atoms with Crippen molar-refractivity contribution in [3.8, 4) is 0 Å². The zero-order valence-electron chi connectivity index (χ0n) is 9.47. The molecule has 0 spiro atoms. The highest BCUT2D eigenvalue weighted by molar-refractivity contribution is 9.10. The van der Waals surface area contributed by atoms with Crippen LogP contribution in [0.5, 0.6) is 0 Å². The van der Waals surface area contributed by atoms with Crippen molar-refractivity contribution in [3.63, 3.8) is 0 Å². The van der Waals surface area contributed by atoms with Crippen molar-refractivity contribution in [1.82, 2.24) is 5.32 Å². The van der Waals surface area contributed by atoms with E-state index in [-0.39, 0.29) is 11.8 Å². The first kappa shape index (κ1) is 12.9. The Morgan fingerprint density at radius 1 is 1.53 bits per heavy atom. The van der Waals surface area contributed by atoms with Gasteiger partial charge in [0.2, 0.25) is 5.91 Å². The summed E-state index contributed by atoms with van der Waals surface area (Å²) in [5, 5.41) is 6.65. The van der Waals surface area contributed by atoms with Crippen LogP contribution in [0.1, 0.15) is 6.92 Å². The Labute approximate surface area is 114 Å². The van der Waals surface area contributed by atoms with Crippen LogP contribution >= 0.6 is 27.5 Å². The number of benzene rings is 1. The summed E-state index contributed by atoms with van der Waals surface area (Å²) in [5.74, 6) is 0.411. The minimum absolute atomic E-state index is 0.0186. The van der Waals surface area contributed by atoms with Gasteiger partial charge in [0, 0.05) is 11.0 Å². The molecule has 0 bridgehead atoms. The van der Waals surface area contributed by atoms with Crippen molar-refractivity contribution in [2.75, 3.05) is 18.4 Å². The van der Waals surface area contributed by atoms with E-state index >= 15 is 0 Å². The summed E-state index contributed by atoms with van der Waals surface area (Å²) in [6, 6.07) is 5.42. The van der Waals surface area contributed by atoms with Gasteiger partial charge >= 0.3 is 0 Å². The van der Waals surface area contributed by atoms with Crippen LogP contribution in [0.3, 0.4) is 0 Å². The summed E-state index contributed by atoms with van der Waals surface area (Å²) in [7, 11) is 0. The highest BCUT2D eigenvalue weighted by Gasteiger charge is 2.29. The lowest BCUT2D eigenvalue weighted by Crippen LogP contribution is -2.27. The number of hydrogen-bond donors (Lipinski definition) is 2. The third-order valence-electron chi connectivity index (χ3n) is 3.04. The molecule has 3 nitrogen and oxygen atoms in total. The smallest absolute Gasteiger partial charge is 0.229 e. The summed E-state index contributed by atoms with van der Waals surface area (Å²) < 4.78 is 0.898. The molecule has 1 aliphatic rings. The van der Waals surface area contributed by atoms with E-state index in [9.17, 15) is 4.79 Å². The van der Waals surface area contributed by atoms with Crippen molar-refractivity contribution in [1.29, 1.82) is 0 Å². The van der Waals surface area contributed by atoms with E-state index in [1.807, 2.05) is 12.1 Å². The molecule has 1 heterocycles. The second-order valence-corrected chi connectivity index (χ2v) is 5.68. The third kappa shape index (κ3) is 3.00. The van der Waals surface area contributed by atoms with Gasteiger partial charge in [-0.3, -0.25) is 4.79 Å². The minimum atomic E-state index is 0.0186. The fourth-order valence-electron chi connectivity index (χ4n) is 1.98. The Kier molecular flexibility index (Phi) is 4.07. The normalized spacial score (nSPS) is 23.7. The molecule has 1 aromatic rings. The Hall–Kier alpha value is -0.580. The molecule has 0 saturated carbocycles. The Bertz CT molecular complexity index is 439. The van der Waals surface area contributed by atoms with Crippen LogP contribution in [0.15, 0.2) is 22.7 Å². The van der Waals surface area contributed by atoms with Crippen LogP contribution in [0.4, 0.5) is 5.69 Å². The SMILES string of the molecule is CC1CNCC1C(=O)Nc1cc(Br)ccc1Cl. The van der Waals surface area contributed by atoms with Crippen LogP contribution in [-0.4, -0.2) is 19.0 Å². The molecule has 5 heteroatoms. The number of amides is 1. The Balaban J connectivity index is 2.10. The van der Waals surface area contributed by atoms with E-state index in [1.165, 1.54) is 0 Å². The third-order valence-corrected chi connectivity index (χ3v) is 3.86. The second-order valence-electron chi connectivity index (χ2n) is 4.36. The summed E-state index contributed by atoms with van der Waals surface area (Å²) in [5.41, 5.74) is 0.658. The van der Waals surface area contributed by atoms with Crippen molar-refractivity contribution in [2.24, 2.45) is 11.8 Å². The van der Waals surface area contributed by atoms with Crippen LogP contribution in [0.2, 0.25) is 5.02 Å². The van der Waals surface area contributed by atoms with E-state index in [0.29, 0.717) is 16.6 Å². The van der Waals surface area contributed by atoms with Crippen molar-refractivity contribution in [3.05, 3.63) is 27.7 Å². The highest BCUT2D eigenvalue weighted by Crippen LogP contribution is 2.27. The molecule has 0 aromatic heterocycles. The molecule has 0 aliphatic carbocycles. The number of hydrogen-bond acceptors (Lipinski definition) is 2. The van der Waals surface area contributed by atoms with Crippen LogP contribution in [-0.2, 0) is 4.79 Å². The second kappa shape index (κ2) is 5.38. The van der Waals surface area contributed by atoms with Crippen LogP contribution in [0, 0.1) is 11.8 Å². The van der Waals surface area contributed by atoms with Gasteiger partial charge in [-0.1, -0.05) is 34.5 Å². The maximum absolute atomic E-state index is 12.1. The number of halogens is 2. The molecule has 2 rings (SSSR count). The summed E-state index contributed by atoms with van der Waals surface area (Å²) in [4.78, 5) is 12.1. The first-order valence-corrected chi connectivity index (χ1v) is 6.71. The van der Waals surface area contributed by atoms with Crippen LogP contribution in [0.25, 0.3) is 0 Å². The Morgan fingerprint density at radius 2 is 2.29 bits per heavy atom. The molecular formula is C12H14BrClN2O. The zero-order valence-corrected chi connectivity index (χ0v) is 11.8. The molecule has 2 N–H and O–H groups in total. The van der Waals surface area contributed by atoms with Gasteiger partial charge in [0.25, 0.3) is 0 Å². The standard InChI is InChI=1S/C12H14BrClN2O/c1-7-5-15-6-9(7)12(17)16-11-4-8(13)2-3-10(11)14/h2-4,7,9,15H,5-6H2,1H3,(H,16,17). The predicted molar refractivity (Wildman–Crippen MR) is 73.3 cm³/mol. The lowest BCUT2D eigenvalue weighted by atomic mass is 9.97. The Morgan fingerprint density at radius 3 is 2.94 bits per heavy atom. The van der Waals surface area contributed by atoms with Gasteiger partial charge in [0.1, 0.15) is 0 Å². The zero-order chi connectivity index (χ0) is 12.4. The molecule has 17 heavy (non-hydrogen) atoms. The maximum Gasteiger partial charge on any atom is 0.229 e. The average Bonchev–Trinajstić information content (AvgIpc) is 2.70. The van der Waals surface area contributed by atoms with Gasteiger partial charge < -0.3 is 10.6 Å². The minimum Gasteiger partial charge on any atom is -0.324 e. The van der Waals surface area contributed by atoms with E-state index in [2.05, 4.69) is 33.5 Å². The maximum atomic E-state index is 12.1.